The van der Waals surface area contributed by atoms with Gasteiger partial charge in [-0.15, -0.1) is 0 Å². The fraction of sp³-hybridized carbons (Fsp3) is 0.946. The van der Waals surface area contributed by atoms with Crippen molar-refractivity contribution in [2.75, 3.05) is 59.5 Å². The molecule has 11 heterocycles. The summed E-state index contributed by atoms with van der Waals surface area (Å²) in [5.74, 6) is -3.80. The summed E-state index contributed by atoms with van der Waals surface area (Å²) in [5, 5.41) is 336. The van der Waals surface area contributed by atoms with Gasteiger partial charge in [0.25, 0.3) is 0 Å². The topological polar surface area (TPSA) is 897 Å². The predicted molar refractivity (Wildman–Crippen MR) is 406 cm³/mol. The number of nitrogens with one attached hydrogen (secondary N) is 4. The molecule has 0 bridgehead atoms. The van der Waals surface area contributed by atoms with E-state index in [1.807, 2.05) is 0 Å². The maximum absolute atomic E-state index is 13.4. The van der Waals surface area contributed by atoms with Crippen LogP contribution in [0.2, 0.25) is 0 Å². The summed E-state index contributed by atoms with van der Waals surface area (Å²) in [7, 11) is 0. The van der Waals surface area contributed by atoms with Crippen molar-refractivity contribution in [2.45, 2.75) is 379 Å². The van der Waals surface area contributed by atoms with E-state index >= 15 is 0 Å². The van der Waals surface area contributed by atoms with E-state index in [2.05, 4.69) is 21.3 Å². The zero-order valence-electron chi connectivity index (χ0n) is 71.3. The van der Waals surface area contributed by atoms with Crippen LogP contribution in [0, 0.1) is 0 Å². The maximum Gasteiger partial charge on any atom is 0.217 e. The zero-order chi connectivity index (χ0) is 97.1. The third-order valence-electron chi connectivity index (χ3n) is 24.5. The van der Waals surface area contributed by atoms with Gasteiger partial charge in [-0.3, -0.25) is 19.2 Å². The van der Waals surface area contributed by atoms with Crippen LogP contribution in [0.15, 0.2) is 0 Å². The van der Waals surface area contributed by atoms with Crippen molar-refractivity contribution in [3.63, 3.8) is 0 Å². The van der Waals surface area contributed by atoms with Crippen LogP contribution in [0.5, 0.6) is 0 Å². The number of ether oxygens (including phenoxy) is 21. The summed E-state index contributed by atoms with van der Waals surface area (Å²) in [4.78, 5) is 51.8. The smallest absolute Gasteiger partial charge is 0.217 e. The second-order valence-electron chi connectivity index (χ2n) is 33.8. The molecule has 11 fully saturated rings. The highest BCUT2D eigenvalue weighted by molar-refractivity contribution is 5.74. The molecule has 1 unspecified atom stereocenters. The second kappa shape index (κ2) is 47.0. The number of rotatable bonds is 33. The largest absolute Gasteiger partial charge is 0.394 e. The molecule has 33 N–H and O–H groups in total. The molecule has 55 atom stereocenters. The van der Waals surface area contributed by atoms with Crippen LogP contribution < -0.4 is 21.3 Å². The Morgan fingerprint density at radius 2 is 0.485 bits per heavy atom. The lowest BCUT2D eigenvalue weighted by molar-refractivity contribution is -0.408. The van der Waals surface area contributed by atoms with Gasteiger partial charge in [0.15, 0.2) is 69.2 Å². The highest BCUT2D eigenvalue weighted by Crippen LogP contribution is 2.42. The highest BCUT2D eigenvalue weighted by atomic mass is 16.8. The Hall–Kier alpha value is -4.12. The predicted octanol–water partition coefficient (Wildman–Crippen LogP) is -22.3. The van der Waals surface area contributed by atoms with Crippen molar-refractivity contribution in [1.29, 1.82) is 0 Å². The van der Waals surface area contributed by atoms with E-state index in [9.17, 15) is 167 Å². The van der Waals surface area contributed by atoms with Crippen LogP contribution >= 0.6 is 0 Å². The van der Waals surface area contributed by atoms with Crippen molar-refractivity contribution >= 4 is 23.6 Å². The lowest BCUT2D eigenvalue weighted by Crippen LogP contribution is -2.71. The van der Waals surface area contributed by atoms with Gasteiger partial charge >= 0.3 is 0 Å². The molecule has 0 radical (unpaired) electrons. The molecular weight excluding hydrogens is 1810 g/mol. The molecule has 4 amide bonds. The Morgan fingerprint density at radius 3 is 0.955 bits per heavy atom. The molecule has 132 heavy (non-hydrogen) atoms. The third-order valence-corrected chi connectivity index (χ3v) is 24.5. The minimum Gasteiger partial charge on any atom is -0.394 e. The number of hydrogen-bond acceptors (Lipinski definition) is 54. The molecule has 0 aliphatic carbocycles. The van der Waals surface area contributed by atoms with Gasteiger partial charge in [-0.2, -0.15) is 0 Å². The molecule has 764 valence electrons. The third kappa shape index (κ3) is 23.7. The Balaban J connectivity index is 0.927. The van der Waals surface area contributed by atoms with Crippen LogP contribution in [-0.2, 0) is 119 Å². The van der Waals surface area contributed by atoms with Crippen molar-refractivity contribution in [3.8, 4) is 0 Å². The molecule has 58 nitrogen and oxygen atoms in total. The van der Waals surface area contributed by atoms with E-state index in [0.717, 1.165) is 27.7 Å². The van der Waals surface area contributed by atoms with E-state index in [1.165, 1.54) is 13.8 Å². The number of aliphatic hydroxyl groups excluding tert-OH is 29. The van der Waals surface area contributed by atoms with E-state index < -0.39 is 421 Å². The Morgan fingerprint density at radius 1 is 0.212 bits per heavy atom. The van der Waals surface area contributed by atoms with E-state index in [1.54, 1.807) is 0 Å². The van der Waals surface area contributed by atoms with Gasteiger partial charge in [-0.1, -0.05) is 0 Å². The van der Waals surface area contributed by atoms with Crippen LogP contribution in [0.4, 0.5) is 0 Å². The van der Waals surface area contributed by atoms with E-state index in [0.29, 0.717) is 0 Å². The summed E-state index contributed by atoms with van der Waals surface area (Å²) in [5.41, 5.74) is 0. The Kier molecular flexibility index (Phi) is 38.5. The first-order valence-electron chi connectivity index (χ1n) is 42.4. The number of amides is 4. The quantitative estimate of drug-likeness (QED) is 0.0290. The van der Waals surface area contributed by atoms with Gasteiger partial charge < -0.3 is 269 Å². The maximum atomic E-state index is 13.4. The molecule has 0 saturated carbocycles. The molecule has 0 aromatic carbocycles. The van der Waals surface area contributed by atoms with Gasteiger partial charge in [0.1, 0.15) is 256 Å². The molecule has 11 aliphatic rings. The van der Waals surface area contributed by atoms with Crippen LogP contribution in [0.3, 0.4) is 0 Å². The molecule has 11 aliphatic heterocycles. The average molecular weight is 1930 g/mol. The SMILES string of the molecule is CC(=O)N[C@@H]1[C@H](O[C@@H]2[C@@H](O[C@@H]3[C@H](O)[C@H](O[C@H]4[C@H](O)[C@@H](NC(C)=O)[C@H](O[C@H]5[C@H](O)[C@@H](NC(C)=O)C(O)O[C@@H]5CO[C@@H]5O[C@@H](C)[C@@H](O)[C@@H](O)[C@@H]5O)O[C@@H]4CO)O[C@H](CO[C@H]4O[C@H](CO)[C@@H](O)[C@H](O)[C@@H]4O[C@@H]4O[C@H](CO)[C@@H](O)[C@H](O)[C@H]4NC(C)=O)[C@H]3O)O[C@H](CO)[C@@H](O)[C@@H]2O)O[C@H](CO)[C@@H](O[C@@H]2O[C@H](CO)[C@H](O)[C@H](O[C@H]3O[C@H](CO)[C@H](O)[C@H](O)[C@H]3O)[C@H]2O[C@@H]2O[C@@H](C)[C@@H](O)[C@@H](O)[C@@H]2O)[C@@H]1O. The minimum absolute atomic E-state index is 0.854. The van der Waals surface area contributed by atoms with Gasteiger partial charge in [0.2, 0.25) is 23.6 Å². The van der Waals surface area contributed by atoms with Crippen LogP contribution in [0.25, 0.3) is 0 Å². The van der Waals surface area contributed by atoms with E-state index in [-0.39, 0.29) is 0 Å². The lowest BCUT2D eigenvalue weighted by atomic mass is 9.93. The molecule has 11 rings (SSSR count). The second-order valence-corrected chi connectivity index (χ2v) is 33.8. The lowest BCUT2D eigenvalue weighted by Gasteiger charge is -2.52. The standard InChI is InChI=1S/C74H124N4O54/c1-16-35(90)47(102)52(107)68(114-16)112-15-30-58(44(99)31(64(111)116-30)75-18(3)86)125-66-33(77-20(5)88)45(100)56(27(12-84)122-66)126-71-55(110)59(42(97)29(124-71)14-113-72-61(50(105)39(94)24(9-81)119-72)130-65-32(76-19(4)87)43(98)37(92)22(7-79)117-65)128-73-62(51(106)40(95)25(10-82)120-73)131-67-34(78-21(6)89)46(101)57(28(13-85)123-67)127-74-63(132-69-53(108)48(103)36(91)17(2)115-69)60(41(96)26(11-83)121-74)129-70-54(109)49(104)38(93)23(8-80)118-70/h16-17,22-74,79-85,90-111H,7-15H2,1-6H3,(H,75,86)(H,76,87)(H,77,88)(H,78,89)/t16-,17-,22+,23+,24+,25+,26+,27+,28+,29+,30+,31+,32+,33+,34-,35+,36+,37+,38-,39+,40+,41-,42+,43+,44+,45+,46+,47+,48+,49-,50-,51-,52-,53-,54+,55-,56+,57+,58+,59-,60-,61-,62-,63+,64?,65-,66-,67-,68+,69-,70+,71-,72-,73+,74-/m0/s1. The van der Waals surface area contributed by atoms with Crippen LogP contribution in [0.1, 0.15) is 41.5 Å². The van der Waals surface area contributed by atoms with Crippen molar-refractivity contribution in [1.82, 2.24) is 21.3 Å². The first-order valence-corrected chi connectivity index (χ1v) is 42.4. The molecule has 11 saturated heterocycles. The number of hydrogen-bond donors (Lipinski definition) is 33. The van der Waals surface area contributed by atoms with Gasteiger partial charge in [0, 0.05) is 27.7 Å². The van der Waals surface area contributed by atoms with Crippen molar-refractivity contribution < 1.29 is 267 Å². The molecule has 58 heteroatoms. The summed E-state index contributed by atoms with van der Waals surface area (Å²) in [6.07, 6.45) is -107. The van der Waals surface area contributed by atoms with Crippen molar-refractivity contribution in [2.24, 2.45) is 0 Å². The van der Waals surface area contributed by atoms with Crippen LogP contribution in [-0.4, -0.2) is 569 Å². The van der Waals surface area contributed by atoms with E-state index in [4.69, 9.17) is 99.5 Å². The molecule has 0 spiro atoms. The summed E-state index contributed by atoms with van der Waals surface area (Å²) in [6, 6.07) is -7.75. The van der Waals surface area contributed by atoms with Gasteiger partial charge in [-0.05, 0) is 13.8 Å². The first kappa shape index (κ1) is 108. The molecule has 0 aromatic rings. The monoisotopic (exact) mass is 1930 g/mol. The Bertz CT molecular complexity index is 3610. The number of carbonyl (C=O) groups excluding carboxylic acids is 4. The Labute approximate surface area is 748 Å². The summed E-state index contributed by atoms with van der Waals surface area (Å²) >= 11 is 0. The average Bonchev–Trinajstić information content (AvgIpc) is 0.713. The molecular formula is C74H124N4O54. The fourth-order valence-electron chi connectivity index (χ4n) is 17.2. The van der Waals surface area contributed by atoms with Crippen molar-refractivity contribution in [3.05, 3.63) is 0 Å². The molecule has 0 aromatic heterocycles. The normalized spacial score (nSPS) is 50.4. The van der Waals surface area contributed by atoms with Gasteiger partial charge in [-0.25, -0.2) is 0 Å². The first-order chi connectivity index (χ1) is 62.4. The highest BCUT2D eigenvalue weighted by Gasteiger charge is 2.63. The zero-order valence-corrected chi connectivity index (χ0v) is 71.3. The van der Waals surface area contributed by atoms with Gasteiger partial charge in [0.05, 0.1) is 71.7 Å². The summed E-state index contributed by atoms with van der Waals surface area (Å²) < 4.78 is 126. The summed E-state index contributed by atoms with van der Waals surface area (Å²) in [6.45, 7) is -4.01. The fourth-order valence-corrected chi connectivity index (χ4v) is 17.2. The minimum atomic E-state index is -2.66. The number of carbonyl (C=O) groups is 4. The number of aliphatic hydroxyl groups is 29.